The van der Waals surface area contributed by atoms with Crippen molar-refractivity contribution in [3.8, 4) is 0 Å². The van der Waals surface area contributed by atoms with Crippen molar-refractivity contribution < 1.29 is 9.53 Å². The van der Waals surface area contributed by atoms with E-state index in [1.807, 2.05) is 27.7 Å². The van der Waals surface area contributed by atoms with E-state index in [4.69, 9.17) is 16.3 Å². The molecular formula is C16H25ClN4O2. The second-order valence-corrected chi connectivity index (χ2v) is 7.34. The minimum absolute atomic E-state index is 0.347. The summed E-state index contributed by atoms with van der Waals surface area (Å²) in [5.74, 6) is 1.00. The Kier molecular flexibility index (Phi) is 5.68. The van der Waals surface area contributed by atoms with Gasteiger partial charge in [-0.1, -0.05) is 11.6 Å². The molecule has 0 aromatic carbocycles. The number of anilines is 1. The maximum Gasteiger partial charge on any atom is 0.407 e. The largest absolute Gasteiger partial charge is 0.444 e. The number of amides is 1. The smallest absolute Gasteiger partial charge is 0.407 e. The number of halogens is 1. The van der Waals surface area contributed by atoms with E-state index in [9.17, 15) is 4.79 Å². The van der Waals surface area contributed by atoms with Gasteiger partial charge in [0.2, 0.25) is 5.95 Å². The molecule has 0 aliphatic carbocycles. The van der Waals surface area contributed by atoms with Crippen molar-refractivity contribution >= 4 is 23.6 Å². The van der Waals surface area contributed by atoms with Crippen molar-refractivity contribution in [1.29, 1.82) is 0 Å². The Bertz CT molecular complexity index is 560. The number of nitrogens with zero attached hydrogens (tertiary/aromatic N) is 3. The van der Waals surface area contributed by atoms with Gasteiger partial charge in [0.1, 0.15) is 10.8 Å². The molecule has 0 radical (unpaired) electrons. The lowest BCUT2D eigenvalue weighted by molar-refractivity contribution is 0.0517. The highest BCUT2D eigenvalue weighted by Gasteiger charge is 2.23. The summed E-state index contributed by atoms with van der Waals surface area (Å²) in [6, 6.07) is 0. The number of rotatable bonds is 3. The van der Waals surface area contributed by atoms with Gasteiger partial charge in [-0.15, -0.1) is 0 Å². The minimum atomic E-state index is -0.477. The average molecular weight is 341 g/mol. The summed E-state index contributed by atoms with van der Waals surface area (Å²) in [4.78, 5) is 22.6. The summed E-state index contributed by atoms with van der Waals surface area (Å²) >= 11 is 6.08. The number of carbonyl (C=O) groups excluding carboxylic acids is 1. The zero-order chi connectivity index (χ0) is 17.0. The molecule has 1 aromatic rings. The zero-order valence-corrected chi connectivity index (χ0v) is 15.0. The Morgan fingerprint density at radius 1 is 1.52 bits per heavy atom. The minimum Gasteiger partial charge on any atom is -0.444 e. The number of hydrogen-bond acceptors (Lipinski definition) is 5. The average Bonchev–Trinajstić information content (AvgIpc) is 2.46. The van der Waals surface area contributed by atoms with Crippen LogP contribution in [-0.2, 0) is 4.74 Å². The first-order valence-corrected chi connectivity index (χ1v) is 8.33. The summed E-state index contributed by atoms with van der Waals surface area (Å²) in [5, 5.41) is 3.34. The van der Waals surface area contributed by atoms with E-state index in [0.29, 0.717) is 23.6 Å². The number of ether oxygens (including phenoxy) is 1. The first-order chi connectivity index (χ1) is 10.7. The molecule has 7 heteroatoms. The fourth-order valence-corrected chi connectivity index (χ4v) is 2.64. The topological polar surface area (TPSA) is 67.4 Å². The predicted octanol–water partition coefficient (Wildman–Crippen LogP) is 3.18. The van der Waals surface area contributed by atoms with Crippen molar-refractivity contribution in [2.75, 3.05) is 24.5 Å². The van der Waals surface area contributed by atoms with Gasteiger partial charge in [0, 0.05) is 31.4 Å². The van der Waals surface area contributed by atoms with Gasteiger partial charge in [0.25, 0.3) is 0 Å². The van der Waals surface area contributed by atoms with Crippen LogP contribution in [0.2, 0.25) is 5.15 Å². The number of aryl methyl sites for hydroxylation is 1. The van der Waals surface area contributed by atoms with Gasteiger partial charge >= 0.3 is 6.09 Å². The van der Waals surface area contributed by atoms with Crippen molar-refractivity contribution in [2.45, 2.75) is 46.1 Å². The molecule has 2 heterocycles. The van der Waals surface area contributed by atoms with Gasteiger partial charge in [0.15, 0.2) is 0 Å². The van der Waals surface area contributed by atoms with Crippen molar-refractivity contribution in [2.24, 2.45) is 5.92 Å². The zero-order valence-electron chi connectivity index (χ0n) is 14.2. The lowest BCUT2D eigenvalue weighted by atomic mass is 9.98. The molecule has 0 spiro atoms. The van der Waals surface area contributed by atoms with Crippen LogP contribution in [0.1, 0.15) is 39.2 Å². The molecule has 6 nitrogen and oxygen atoms in total. The summed E-state index contributed by atoms with van der Waals surface area (Å²) in [6.45, 7) is 9.74. The normalized spacial score (nSPS) is 18.7. The molecule has 1 saturated heterocycles. The summed E-state index contributed by atoms with van der Waals surface area (Å²) in [7, 11) is 0. The molecule has 1 aromatic heterocycles. The van der Waals surface area contributed by atoms with Gasteiger partial charge in [-0.05, 0) is 46.5 Å². The van der Waals surface area contributed by atoms with Gasteiger partial charge in [0.05, 0.1) is 0 Å². The Morgan fingerprint density at radius 3 is 2.91 bits per heavy atom. The van der Waals surface area contributed by atoms with Crippen LogP contribution in [-0.4, -0.2) is 41.3 Å². The molecule has 1 amide bonds. The van der Waals surface area contributed by atoms with Crippen molar-refractivity contribution in [3.63, 3.8) is 0 Å². The maximum absolute atomic E-state index is 11.7. The summed E-state index contributed by atoms with van der Waals surface area (Å²) in [6.07, 6.45) is 3.47. The molecule has 1 atom stereocenters. The van der Waals surface area contributed by atoms with Crippen LogP contribution in [0.15, 0.2) is 6.20 Å². The van der Waals surface area contributed by atoms with Gasteiger partial charge < -0.3 is 15.0 Å². The molecule has 1 fully saturated rings. The number of nitrogens with one attached hydrogen (secondary N) is 1. The van der Waals surface area contributed by atoms with E-state index >= 15 is 0 Å². The van der Waals surface area contributed by atoms with E-state index in [2.05, 4.69) is 20.2 Å². The monoisotopic (exact) mass is 340 g/mol. The molecule has 1 aliphatic rings. The Hall–Kier alpha value is -1.56. The third-order valence-electron chi connectivity index (χ3n) is 3.63. The maximum atomic E-state index is 11.7. The van der Waals surface area contributed by atoms with E-state index in [1.54, 1.807) is 6.20 Å². The number of aromatic nitrogens is 2. The van der Waals surface area contributed by atoms with Crippen LogP contribution in [0.3, 0.4) is 0 Å². The lowest BCUT2D eigenvalue weighted by Gasteiger charge is -2.33. The third kappa shape index (κ3) is 5.53. The highest BCUT2D eigenvalue weighted by atomic mass is 35.5. The fourth-order valence-electron chi connectivity index (χ4n) is 2.52. The summed E-state index contributed by atoms with van der Waals surface area (Å²) in [5.41, 5.74) is 0.394. The SMILES string of the molecule is Cc1cnc(N2CCCC(CNC(=O)OC(C)(C)C)C2)nc1Cl. The van der Waals surface area contributed by atoms with Crippen LogP contribution >= 0.6 is 11.6 Å². The van der Waals surface area contributed by atoms with Gasteiger partial charge in [-0.2, -0.15) is 0 Å². The summed E-state index contributed by atoms with van der Waals surface area (Å²) < 4.78 is 5.26. The van der Waals surface area contributed by atoms with Crippen LogP contribution in [0, 0.1) is 12.8 Å². The van der Waals surface area contributed by atoms with Crippen molar-refractivity contribution in [3.05, 3.63) is 16.9 Å². The highest BCUT2D eigenvalue weighted by Crippen LogP contribution is 2.22. The molecule has 2 rings (SSSR count). The van der Waals surface area contributed by atoms with Crippen LogP contribution in [0.5, 0.6) is 0 Å². The standard InChI is InChI=1S/C16H25ClN4O2/c1-11-8-18-14(20-13(11)17)21-7-5-6-12(10-21)9-19-15(22)23-16(2,3)4/h8,12H,5-7,9-10H2,1-4H3,(H,19,22). The van der Waals surface area contributed by atoms with Crippen LogP contribution in [0.4, 0.5) is 10.7 Å². The first kappa shape index (κ1) is 17.8. The number of piperidine rings is 1. The molecular weight excluding hydrogens is 316 g/mol. The fraction of sp³-hybridized carbons (Fsp3) is 0.688. The molecule has 1 aliphatic heterocycles. The van der Waals surface area contributed by atoms with Gasteiger partial charge in [-0.25, -0.2) is 14.8 Å². The third-order valence-corrected chi connectivity index (χ3v) is 4.02. The van der Waals surface area contributed by atoms with Gasteiger partial charge in [-0.3, -0.25) is 0 Å². The Morgan fingerprint density at radius 2 is 2.26 bits per heavy atom. The number of alkyl carbamates (subject to hydrolysis) is 1. The Labute approximate surface area is 142 Å². The van der Waals surface area contributed by atoms with E-state index in [-0.39, 0.29) is 6.09 Å². The quantitative estimate of drug-likeness (QED) is 0.856. The predicted molar refractivity (Wildman–Crippen MR) is 91.0 cm³/mol. The number of carbonyl (C=O) groups is 1. The van der Waals surface area contributed by atoms with E-state index in [0.717, 1.165) is 31.5 Å². The second kappa shape index (κ2) is 7.34. The van der Waals surface area contributed by atoms with Crippen LogP contribution in [0.25, 0.3) is 0 Å². The highest BCUT2D eigenvalue weighted by molar-refractivity contribution is 6.30. The second-order valence-electron chi connectivity index (χ2n) is 6.98. The van der Waals surface area contributed by atoms with Crippen molar-refractivity contribution in [1.82, 2.24) is 15.3 Å². The van der Waals surface area contributed by atoms with Crippen LogP contribution < -0.4 is 10.2 Å². The molecule has 0 bridgehead atoms. The lowest BCUT2D eigenvalue weighted by Crippen LogP contribution is -2.42. The van der Waals surface area contributed by atoms with E-state index in [1.165, 1.54) is 0 Å². The number of hydrogen-bond donors (Lipinski definition) is 1. The molecule has 23 heavy (non-hydrogen) atoms. The molecule has 1 N–H and O–H groups in total. The molecule has 0 saturated carbocycles. The van der Waals surface area contributed by atoms with E-state index < -0.39 is 5.60 Å². The molecule has 1 unspecified atom stereocenters. The molecule has 128 valence electrons. The first-order valence-electron chi connectivity index (χ1n) is 7.95. The Balaban J connectivity index is 1.88.